The zero-order valence-corrected chi connectivity index (χ0v) is 10.1. The molecule has 18 heavy (non-hydrogen) atoms. The molecule has 1 aromatic heterocycles. The number of nitrogens with zero attached hydrogens (tertiary/aromatic N) is 1. The first-order chi connectivity index (χ1) is 8.72. The Labute approximate surface area is 105 Å². The Bertz CT molecular complexity index is 467. The number of pyridine rings is 1. The molecular formula is C13H16N2O3. The number of hydrogen-bond donors (Lipinski definition) is 2. The third-order valence-corrected chi connectivity index (χ3v) is 3.17. The molecule has 0 unspecified atom stereocenters. The van der Waals surface area contributed by atoms with Gasteiger partial charge in [-0.25, -0.2) is 9.78 Å². The number of hydrogen-bond acceptors (Lipinski definition) is 4. The van der Waals surface area contributed by atoms with Crippen LogP contribution in [0, 0.1) is 5.92 Å². The van der Waals surface area contributed by atoms with Crippen molar-refractivity contribution in [3.8, 4) is 5.75 Å². The van der Waals surface area contributed by atoms with E-state index in [9.17, 15) is 4.79 Å². The summed E-state index contributed by atoms with van der Waals surface area (Å²) in [4.78, 5) is 15.0. The van der Waals surface area contributed by atoms with Gasteiger partial charge in [0.2, 0.25) is 0 Å². The van der Waals surface area contributed by atoms with Gasteiger partial charge in [0, 0.05) is 12.1 Å². The Kier molecular flexibility index (Phi) is 2.81. The number of carboxylic acids is 1. The van der Waals surface area contributed by atoms with Crippen LogP contribution in [0.3, 0.4) is 0 Å². The molecule has 2 saturated carbocycles. The van der Waals surface area contributed by atoms with Crippen LogP contribution < -0.4 is 10.1 Å². The van der Waals surface area contributed by atoms with Crippen LogP contribution in [0.25, 0.3) is 0 Å². The lowest BCUT2D eigenvalue weighted by Gasteiger charge is -2.11. The van der Waals surface area contributed by atoms with Crippen molar-refractivity contribution in [2.75, 3.05) is 11.9 Å². The first-order valence-electron chi connectivity index (χ1n) is 6.35. The van der Waals surface area contributed by atoms with Crippen LogP contribution in [-0.4, -0.2) is 28.7 Å². The van der Waals surface area contributed by atoms with Gasteiger partial charge in [-0.05, 0) is 31.6 Å². The maximum absolute atomic E-state index is 11.1. The molecule has 2 fully saturated rings. The zero-order chi connectivity index (χ0) is 12.5. The summed E-state index contributed by atoms with van der Waals surface area (Å²) in [5.41, 5.74) is 0.838. The van der Waals surface area contributed by atoms with Gasteiger partial charge in [0.25, 0.3) is 0 Å². The van der Waals surface area contributed by atoms with E-state index < -0.39 is 5.97 Å². The molecule has 5 heteroatoms. The van der Waals surface area contributed by atoms with E-state index in [1.807, 2.05) is 0 Å². The molecule has 2 N–H and O–H groups in total. The van der Waals surface area contributed by atoms with Crippen LogP contribution in [0.1, 0.15) is 36.2 Å². The van der Waals surface area contributed by atoms with Crippen LogP contribution in [0.15, 0.2) is 12.3 Å². The molecule has 1 aromatic rings. The second-order valence-corrected chi connectivity index (χ2v) is 5.05. The molecule has 96 valence electrons. The number of rotatable bonds is 6. The van der Waals surface area contributed by atoms with E-state index in [-0.39, 0.29) is 5.69 Å². The molecule has 0 aromatic carbocycles. The van der Waals surface area contributed by atoms with Crippen LogP contribution in [0.4, 0.5) is 5.69 Å². The van der Waals surface area contributed by atoms with Crippen molar-refractivity contribution in [3.63, 3.8) is 0 Å². The minimum atomic E-state index is -1.04. The summed E-state index contributed by atoms with van der Waals surface area (Å²) in [6.07, 6.45) is 6.25. The van der Waals surface area contributed by atoms with Crippen molar-refractivity contribution in [1.29, 1.82) is 0 Å². The summed E-state index contributed by atoms with van der Waals surface area (Å²) >= 11 is 0. The van der Waals surface area contributed by atoms with Crippen LogP contribution in [-0.2, 0) is 0 Å². The molecule has 0 atom stereocenters. The van der Waals surface area contributed by atoms with Gasteiger partial charge >= 0.3 is 5.97 Å². The molecule has 0 amide bonds. The topological polar surface area (TPSA) is 71.5 Å². The molecule has 0 saturated heterocycles. The molecule has 0 radical (unpaired) electrons. The highest BCUT2D eigenvalue weighted by Gasteiger charge is 2.25. The fraction of sp³-hybridized carbons (Fsp3) is 0.538. The van der Waals surface area contributed by atoms with E-state index in [2.05, 4.69) is 10.3 Å². The van der Waals surface area contributed by atoms with Crippen molar-refractivity contribution >= 4 is 11.7 Å². The summed E-state index contributed by atoms with van der Waals surface area (Å²) in [6, 6.07) is 2.26. The van der Waals surface area contributed by atoms with Gasteiger partial charge in [-0.15, -0.1) is 0 Å². The van der Waals surface area contributed by atoms with Crippen LogP contribution in [0.5, 0.6) is 5.75 Å². The van der Waals surface area contributed by atoms with Gasteiger partial charge in [0.1, 0.15) is 0 Å². The molecule has 0 aliphatic heterocycles. The summed E-state index contributed by atoms with van der Waals surface area (Å²) < 4.78 is 5.58. The molecular weight excluding hydrogens is 232 g/mol. The predicted molar refractivity (Wildman–Crippen MR) is 66.1 cm³/mol. The number of carbonyl (C=O) groups is 1. The normalized spacial score (nSPS) is 18.4. The summed E-state index contributed by atoms with van der Waals surface area (Å²) in [6.45, 7) is 0.592. The molecule has 2 aliphatic carbocycles. The highest BCUT2D eigenvalue weighted by molar-refractivity contribution is 5.89. The summed E-state index contributed by atoms with van der Waals surface area (Å²) in [5.74, 6) is -0.0782. The summed E-state index contributed by atoms with van der Waals surface area (Å²) in [5, 5.41) is 12.4. The Morgan fingerprint density at radius 3 is 2.83 bits per heavy atom. The number of nitrogens with one attached hydrogen (secondary N) is 1. The molecule has 1 heterocycles. The molecule has 0 spiro atoms. The fourth-order valence-corrected chi connectivity index (χ4v) is 1.75. The second kappa shape index (κ2) is 4.48. The summed E-state index contributed by atoms with van der Waals surface area (Å²) in [7, 11) is 0. The second-order valence-electron chi connectivity index (χ2n) is 5.05. The minimum absolute atomic E-state index is 0.00278. The Hall–Kier alpha value is -1.78. The van der Waals surface area contributed by atoms with E-state index in [4.69, 9.17) is 9.84 Å². The van der Waals surface area contributed by atoms with Crippen LogP contribution >= 0.6 is 0 Å². The van der Waals surface area contributed by atoms with Gasteiger partial charge in [-0.2, -0.15) is 0 Å². The Morgan fingerprint density at radius 1 is 1.44 bits per heavy atom. The predicted octanol–water partition coefficient (Wildman–Crippen LogP) is 2.14. The zero-order valence-electron chi connectivity index (χ0n) is 10.1. The molecule has 5 nitrogen and oxygen atoms in total. The highest BCUT2D eigenvalue weighted by Crippen LogP contribution is 2.31. The third-order valence-electron chi connectivity index (χ3n) is 3.17. The average molecular weight is 248 g/mol. The molecule has 3 rings (SSSR count). The Balaban J connectivity index is 1.76. The number of anilines is 1. The lowest BCUT2D eigenvalue weighted by atomic mass is 10.3. The van der Waals surface area contributed by atoms with E-state index in [1.54, 1.807) is 12.3 Å². The monoisotopic (exact) mass is 248 g/mol. The maximum atomic E-state index is 11.1. The van der Waals surface area contributed by atoms with Gasteiger partial charge < -0.3 is 15.2 Å². The standard InChI is InChI=1S/C13H16N2O3/c16-13(17)12-11(18-7-8-1-2-8)5-10(6-14-12)15-9-3-4-9/h5-6,8-9,15H,1-4,7H2,(H,16,17). The van der Waals surface area contributed by atoms with Gasteiger partial charge in [-0.1, -0.05) is 0 Å². The lowest BCUT2D eigenvalue weighted by Crippen LogP contribution is -2.09. The lowest BCUT2D eigenvalue weighted by molar-refractivity contribution is 0.0685. The van der Waals surface area contributed by atoms with Crippen molar-refractivity contribution in [3.05, 3.63) is 18.0 Å². The van der Waals surface area contributed by atoms with Crippen molar-refractivity contribution in [2.24, 2.45) is 5.92 Å². The van der Waals surface area contributed by atoms with Gasteiger partial charge in [0.05, 0.1) is 18.5 Å². The SMILES string of the molecule is O=C(O)c1ncc(NC2CC2)cc1OCC1CC1. The number of carboxylic acid groups (broad SMARTS) is 1. The number of aromatic nitrogens is 1. The van der Waals surface area contributed by atoms with Crippen molar-refractivity contribution in [1.82, 2.24) is 4.98 Å². The van der Waals surface area contributed by atoms with Crippen molar-refractivity contribution < 1.29 is 14.6 Å². The number of aromatic carboxylic acids is 1. The smallest absolute Gasteiger partial charge is 0.358 e. The third kappa shape index (κ3) is 2.72. The Morgan fingerprint density at radius 2 is 2.22 bits per heavy atom. The molecule has 2 aliphatic rings. The first-order valence-corrected chi connectivity index (χ1v) is 6.35. The highest BCUT2D eigenvalue weighted by atomic mass is 16.5. The average Bonchev–Trinajstić information content (AvgIpc) is 3.21. The fourth-order valence-electron chi connectivity index (χ4n) is 1.75. The van der Waals surface area contributed by atoms with E-state index in [0.29, 0.717) is 24.3 Å². The molecule has 0 bridgehead atoms. The number of ether oxygens (including phenoxy) is 1. The van der Waals surface area contributed by atoms with Gasteiger partial charge in [0.15, 0.2) is 11.4 Å². The van der Waals surface area contributed by atoms with Crippen LogP contribution in [0.2, 0.25) is 0 Å². The van der Waals surface area contributed by atoms with E-state index >= 15 is 0 Å². The largest absolute Gasteiger partial charge is 0.491 e. The first kappa shape index (κ1) is 11.3. The van der Waals surface area contributed by atoms with Crippen molar-refractivity contribution in [2.45, 2.75) is 31.7 Å². The quantitative estimate of drug-likeness (QED) is 0.807. The van der Waals surface area contributed by atoms with Gasteiger partial charge in [-0.3, -0.25) is 0 Å². The van der Waals surface area contributed by atoms with E-state index in [1.165, 1.54) is 25.7 Å². The van der Waals surface area contributed by atoms with E-state index in [0.717, 1.165) is 5.69 Å². The maximum Gasteiger partial charge on any atom is 0.358 e. The minimum Gasteiger partial charge on any atom is -0.491 e.